The molecule has 8 nitrogen and oxygen atoms in total. The van der Waals surface area contributed by atoms with Gasteiger partial charge >= 0.3 is 5.97 Å². The van der Waals surface area contributed by atoms with E-state index in [-0.39, 0.29) is 48.6 Å². The van der Waals surface area contributed by atoms with Gasteiger partial charge in [0.05, 0.1) is 24.0 Å². The van der Waals surface area contributed by atoms with E-state index in [1.807, 2.05) is 27.8 Å². The van der Waals surface area contributed by atoms with E-state index in [2.05, 4.69) is 110 Å². The SMILES string of the molecule is CC/C=C\C/C=C\C/C=C\C/C=C\C/C=C\CCCC(=O)CCCN(C)CCNC(=O)C[C@H](O)C[C@@H](O)CC[C@@H]1C2C(=C[C@H](C)CC2OC(=O)C(C)(C)CC)C=C[C@@H]1C. The number of ketones is 1. The molecule has 0 radical (unpaired) electrons. The van der Waals surface area contributed by atoms with Crippen molar-refractivity contribution in [1.82, 2.24) is 10.2 Å². The molecule has 1 amide bonds. The monoisotopic (exact) mass is 819 g/mol. The molecule has 0 bridgehead atoms. The number of likely N-dealkylation sites (N-methyl/N-ethyl adjacent to an activating group) is 1. The minimum atomic E-state index is -0.936. The van der Waals surface area contributed by atoms with Gasteiger partial charge in [-0.3, -0.25) is 14.4 Å². The second kappa shape index (κ2) is 29.8. The van der Waals surface area contributed by atoms with Crippen LogP contribution in [0.3, 0.4) is 0 Å². The first-order chi connectivity index (χ1) is 28.3. The highest BCUT2D eigenvalue weighted by Crippen LogP contribution is 2.45. The van der Waals surface area contributed by atoms with Gasteiger partial charge in [0.15, 0.2) is 0 Å². The number of hydrogen-bond acceptors (Lipinski definition) is 7. The quantitative estimate of drug-likeness (QED) is 0.0375. The van der Waals surface area contributed by atoms with Crippen molar-refractivity contribution in [2.24, 2.45) is 29.1 Å². The average Bonchev–Trinajstić information content (AvgIpc) is 3.18. The fourth-order valence-electron chi connectivity index (χ4n) is 7.80. The van der Waals surface area contributed by atoms with Crippen LogP contribution in [0.25, 0.3) is 0 Å². The molecule has 7 atom stereocenters. The van der Waals surface area contributed by atoms with Crippen molar-refractivity contribution in [2.45, 2.75) is 163 Å². The zero-order valence-electron chi connectivity index (χ0n) is 38.0. The van der Waals surface area contributed by atoms with Crippen molar-refractivity contribution < 1.29 is 29.3 Å². The van der Waals surface area contributed by atoms with E-state index >= 15 is 0 Å². The maximum absolute atomic E-state index is 13.1. The minimum Gasteiger partial charge on any atom is -0.461 e. The lowest BCUT2D eigenvalue weighted by molar-refractivity contribution is -0.164. The van der Waals surface area contributed by atoms with E-state index in [9.17, 15) is 24.6 Å². The molecule has 0 saturated heterocycles. The predicted molar refractivity (Wildman–Crippen MR) is 245 cm³/mol. The number of Topliss-reactive ketones (excluding diaryl/α,β-unsaturated/α-hetero) is 1. The number of aliphatic hydroxyl groups excluding tert-OH is 2. The Morgan fingerprint density at radius 3 is 2.12 bits per heavy atom. The molecular weight excluding hydrogens is 737 g/mol. The lowest BCUT2D eigenvalue weighted by Crippen LogP contribution is -2.43. The predicted octanol–water partition coefficient (Wildman–Crippen LogP) is 10.3. The van der Waals surface area contributed by atoms with Crippen molar-refractivity contribution in [1.29, 1.82) is 0 Å². The van der Waals surface area contributed by atoms with Crippen molar-refractivity contribution in [3.8, 4) is 0 Å². The summed E-state index contributed by atoms with van der Waals surface area (Å²) in [7, 11) is 1.98. The van der Waals surface area contributed by atoms with Gasteiger partial charge in [0.25, 0.3) is 0 Å². The number of unbranched alkanes of at least 4 members (excludes halogenated alkanes) is 1. The Kier molecular flexibility index (Phi) is 26.2. The molecule has 2 aliphatic rings. The van der Waals surface area contributed by atoms with Crippen LogP contribution in [0.4, 0.5) is 0 Å². The van der Waals surface area contributed by atoms with E-state index < -0.39 is 17.6 Å². The fourth-order valence-corrected chi connectivity index (χ4v) is 7.80. The number of allylic oxidation sites excluding steroid dienone is 13. The number of nitrogens with one attached hydrogen (secondary N) is 1. The largest absolute Gasteiger partial charge is 0.461 e. The van der Waals surface area contributed by atoms with Crippen LogP contribution < -0.4 is 5.32 Å². The first kappa shape index (κ1) is 51.8. The number of amides is 1. The van der Waals surface area contributed by atoms with E-state index in [0.717, 1.165) is 70.8 Å². The van der Waals surface area contributed by atoms with Gasteiger partial charge in [-0.25, -0.2) is 0 Å². The van der Waals surface area contributed by atoms with E-state index in [1.165, 1.54) is 5.57 Å². The molecule has 0 saturated carbocycles. The fraction of sp³-hybridized carbons (Fsp3) is 0.667. The second-order valence-corrected chi connectivity index (χ2v) is 17.7. The number of aliphatic hydroxyl groups is 2. The van der Waals surface area contributed by atoms with Crippen LogP contribution >= 0.6 is 0 Å². The highest BCUT2D eigenvalue weighted by Gasteiger charge is 2.43. The van der Waals surface area contributed by atoms with Crippen LogP contribution in [0.2, 0.25) is 0 Å². The van der Waals surface area contributed by atoms with Crippen LogP contribution in [-0.2, 0) is 19.1 Å². The summed E-state index contributed by atoms with van der Waals surface area (Å²) in [6.45, 7) is 14.3. The molecule has 332 valence electrons. The van der Waals surface area contributed by atoms with Crippen molar-refractivity contribution in [3.63, 3.8) is 0 Å². The van der Waals surface area contributed by atoms with Crippen LogP contribution in [0.1, 0.15) is 144 Å². The molecule has 0 fully saturated rings. The Bertz CT molecular complexity index is 1440. The summed E-state index contributed by atoms with van der Waals surface area (Å²) in [5, 5.41) is 24.5. The summed E-state index contributed by atoms with van der Waals surface area (Å²) in [5.41, 5.74) is 0.679. The lowest BCUT2D eigenvalue weighted by Gasteiger charge is -2.44. The highest BCUT2D eigenvalue weighted by molar-refractivity contribution is 5.78. The van der Waals surface area contributed by atoms with Gasteiger partial charge in [-0.1, -0.05) is 107 Å². The summed E-state index contributed by atoms with van der Waals surface area (Å²) in [4.78, 5) is 40.2. The number of carbonyl (C=O) groups is 3. The Balaban J connectivity index is 1.57. The smallest absolute Gasteiger partial charge is 0.311 e. The van der Waals surface area contributed by atoms with Crippen molar-refractivity contribution in [3.05, 3.63) is 84.6 Å². The normalized spacial score (nSPS) is 22.2. The second-order valence-electron chi connectivity index (χ2n) is 17.7. The van der Waals surface area contributed by atoms with Crippen molar-refractivity contribution in [2.75, 3.05) is 26.7 Å². The Morgan fingerprint density at radius 2 is 1.49 bits per heavy atom. The lowest BCUT2D eigenvalue weighted by atomic mass is 9.65. The first-order valence-corrected chi connectivity index (χ1v) is 23.0. The van der Waals surface area contributed by atoms with Gasteiger partial charge in [0.2, 0.25) is 5.91 Å². The minimum absolute atomic E-state index is 0.0594. The number of nitrogens with zero attached hydrogens (tertiary/aromatic N) is 1. The molecule has 0 heterocycles. The standard InChI is InChI=1S/C51H82N2O6/c1-8-10-11-12-13-14-15-16-17-18-19-20-21-22-23-24-25-27-43(54)28-26-34-53(7)35-33-52-48(57)39-45(56)38-44(55)31-32-46-41(4)29-30-42-36-40(3)37-47(49(42)46)59-50(58)51(5,6)9-2/h10-11,13-14,16-17,19-20,22-23,29-30,36,40-41,44-47,49,55-56H,8-9,12,15,18,21,24-28,31-35,37-39H2,1-7H3,(H,52,57)/b11-10-,14-13-,17-16-,20-19-,23-22-/t40-,41-,44-,45+,46-,47?,49?/m0/s1. The van der Waals surface area contributed by atoms with Gasteiger partial charge in [0, 0.05) is 31.8 Å². The summed E-state index contributed by atoms with van der Waals surface area (Å²) in [5.74, 6) is 0.760. The number of fused-ring (bicyclic) bond motifs is 1. The maximum atomic E-state index is 13.1. The van der Waals surface area contributed by atoms with Gasteiger partial charge in [0.1, 0.15) is 11.9 Å². The van der Waals surface area contributed by atoms with Crippen LogP contribution in [0.15, 0.2) is 84.6 Å². The topological polar surface area (TPSA) is 116 Å². The average molecular weight is 819 g/mol. The third kappa shape index (κ3) is 22.2. The molecule has 2 rings (SSSR count). The van der Waals surface area contributed by atoms with Crippen molar-refractivity contribution >= 4 is 17.7 Å². The zero-order chi connectivity index (χ0) is 43.5. The van der Waals surface area contributed by atoms with E-state index in [0.29, 0.717) is 50.5 Å². The molecule has 0 aromatic heterocycles. The molecule has 0 aromatic carbocycles. The maximum Gasteiger partial charge on any atom is 0.311 e. The van der Waals surface area contributed by atoms with Gasteiger partial charge in [-0.2, -0.15) is 0 Å². The van der Waals surface area contributed by atoms with Gasteiger partial charge < -0.3 is 25.2 Å². The molecule has 8 heteroatoms. The number of rotatable bonds is 30. The third-order valence-corrected chi connectivity index (χ3v) is 11.9. The molecule has 0 aliphatic heterocycles. The Labute approximate surface area is 359 Å². The summed E-state index contributed by atoms with van der Waals surface area (Å²) < 4.78 is 6.22. The highest BCUT2D eigenvalue weighted by atomic mass is 16.5. The molecule has 2 aliphatic carbocycles. The third-order valence-electron chi connectivity index (χ3n) is 11.9. The molecular formula is C51H82N2O6. The van der Waals surface area contributed by atoms with Gasteiger partial charge in [-0.15, -0.1) is 0 Å². The number of ether oxygens (including phenoxy) is 1. The number of hydrogen-bond donors (Lipinski definition) is 3. The molecule has 0 spiro atoms. The Morgan fingerprint density at radius 1 is 0.881 bits per heavy atom. The number of esters is 1. The van der Waals surface area contributed by atoms with Crippen LogP contribution in [-0.4, -0.2) is 77.8 Å². The van der Waals surface area contributed by atoms with Gasteiger partial charge in [-0.05, 0) is 134 Å². The number of carbonyl (C=O) groups excluding carboxylic acids is 3. The van der Waals surface area contributed by atoms with Crippen LogP contribution in [0, 0.1) is 29.1 Å². The van der Waals surface area contributed by atoms with E-state index in [4.69, 9.17) is 4.74 Å². The summed E-state index contributed by atoms with van der Waals surface area (Å²) >= 11 is 0. The zero-order valence-corrected chi connectivity index (χ0v) is 38.0. The molecule has 59 heavy (non-hydrogen) atoms. The molecule has 0 aromatic rings. The molecule has 2 unspecified atom stereocenters. The van der Waals surface area contributed by atoms with Crippen LogP contribution in [0.5, 0.6) is 0 Å². The summed E-state index contributed by atoms with van der Waals surface area (Å²) in [6.07, 6.45) is 38.2. The molecule has 3 N–H and O–H groups in total. The Hall–Kier alpha value is -3.33. The first-order valence-electron chi connectivity index (χ1n) is 23.0. The van der Waals surface area contributed by atoms with E-state index in [1.54, 1.807) is 0 Å². The summed E-state index contributed by atoms with van der Waals surface area (Å²) in [6, 6.07) is 0.